The summed E-state index contributed by atoms with van der Waals surface area (Å²) in [4.78, 5) is 2.62. The summed E-state index contributed by atoms with van der Waals surface area (Å²) in [6.45, 7) is 3.57. The van der Waals surface area contributed by atoms with E-state index in [1.54, 1.807) is 14.2 Å². The molecule has 0 amide bonds. The van der Waals surface area contributed by atoms with Crippen LogP contribution >= 0.6 is 0 Å². The minimum absolute atomic E-state index is 0.316. The maximum atomic E-state index is 6.45. The van der Waals surface area contributed by atoms with Gasteiger partial charge >= 0.3 is 0 Å². The van der Waals surface area contributed by atoms with Crippen molar-refractivity contribution < 1.29 is 18.9 Å². The van der Waals surface area contributed by atoms with Crippen molar-refractivity contribution in [1.82, 2.24) is 4.90 Å². The Morgan fingerprint density at radius 3 is 2.47 bits per heavy atom. The highest BCUT2D eigenvalue weighted by atomic mass is 16.5. The number of hydrogen-bond acceptors (Lipinski definition) is 5. The predicted molar refractivity (Wildman–Crippen MR) is 126 cm³/mol. The summed E-state index contributed by atoms with van der Waals surface area (Å²) in [6, 6.07) is 17.1. The summed E-state index contributed by atoms with van der Waals surface area (Å²) >= 11 is 0. The van der Waals surface area contributed by atoms with Crippen molar-refractivity contribution in [3.63, 3.8) is 0 Å². The molecule has 1 saturated heterocycles. The van der Waals surface area contributed by atoms with E-state index in [1.807, 2.05) is 6.07 Å². The fourth-order valence-corrected chi connectivity index (χ4v) is 5.03. The average molecular weight is 440 g/mol. The summed E-state index contributed by atoms with van der Waals surface area (Å²) < 4.78 is 23.4. The van der Waals surface area contributed by atoms with Crippen LogP contribution in [0.1, 0.15) is 43.2 Å². The van der Waals surface area contributed by atoms with Gasteiger partial charge in [-0.1, -0.05) is 49.2 Å². The molecule has 0 N–H and O–H groups in total. The van der Waals surface area contributed by atoms with E-state index in [0.717, 1.165) is 50.5 Å². The minimum Gasteiger partial charge on any atom is -0.493 e. The van der Waals surface area contributed by atoms with Crippen LogP contribution in [0.25, 0.3) is 0 Å². The number of nitrogens with zero attached hydrogens (tertiary/aromatic N) is 1. The molecule has 174 valence electrons. The Hall–Kier alpha value is -2.08. The molecule has 0 unspecified atom stereocenters. The van der Waals surface area contributed by atoms with Gasteiger partial charge in [0.05, 0.1) is 39.6 Å². The molecule has 1 saturated carbocycles. The van der Waals surface area contributed by atoms with E-state index in [4.69, 9.17) is 18.9 Å². The van der Waals surface area contributed by atoms with Crippen LogP contribution in [0, 0.1) is 0 Å². The second-order valence-corrected chi connectivity index (χ2v) is 8.90. The second-order valence-electron chi connectivity index (χ2n) is 8.90. The molecule has 2 fully saturated rings. The van der Waals surface area contributed by atoms with E-state index in [-0.39, 0.29) is 0 Å². The molecule has 2 aliphatic rings. The molecule has 3 atom stereocenters. The molecule has 5 nitrogen and oxygen atoms in total. The van der Waals surface area contributed by atoms with Gasteiger partial charge in [-0.25, -0.2) is 0 Å². The molecule has 0 radical (unpaired) electrons. The highest BCUT2D eigenvalue weighted by molar-refractivity contribution is 5.42. The van der Waals surface area contributed by atoms with Crippen LogP contribution in [0.15, 0.2) is 48.5 Å². The summed E-state index contributed by atoms with van der Waals surface area (Å²) in [7, 11) is 3.34. The Balaban J connectivity index is 1.26. The van der Waals surface area contributed by atoms with Crippen molar-refractivity contribution in [3.05, 3.63) is 59.7 Å². The smallest absolute Gasteiger partial charge is 0.160 e. The van der Waals surface area contributed by atoms with E-state index >= 15 is 0 Å². The maximum Gasteiger partial charge on any atom is 0.160 e. The number of likely N-dealkylation sites (tertiary alicyclic amines) is 1. The van der Waals surface area contributed by atoms with Gasteiger partial charge in [0.1, 0.15) is 0 Å². The van der Waals surface area contributed by atoms with E-state index in [1.165, 1.54) is 30.4 Å². The lowest BCUT2D eigenvalue weighted by molar-refractivity contribution is -0.0352. The van der Waals surface area contributed by atoms with E-state index in [2.05, 4.69) is 47.4 Å². The topological polar surface area (TPSA) is 40.2 Å². The Kier molecular flexibility index (Phi) is 8.43. The zero-order chi connectivity index (χ0) is 22.2. The predicted octanol–water partition coefficient (Wildman–Crippen LogP) is 4.87. The van der Waals surface area contributed by atoms with Crippen LogP contribution in [-0.2, 0) is 22.5 Å². The molecular weight excluding hydrogens is 402 g/mol. The van der Waals surface area contributed by atoms with Crippen LogP contribution in [0.4, 0.5) is 0 Å². The molecule has 2 aromatic rings. The minimum atomic E-state index is 0.316. The molecule has 1 aliphatic carbocycles. The fraction of sp³-hybridized carbons (Fsp3) is 0.556. The highest BCUT2D eigenvalue weighted by Gasteiger charge is 2.35. The first kappa shape index (κ1) is 23.1. The molecule has 5 heteroatoms. The first-order valence-electron chi connectivity index (χ1n) is 12.0. The van der Waals surface area contributed by atoms with Gasteiger partial charge in [-0.05, 0) is 48.9 Å². The summed E-state index contributed by atoms with van der Waals surface area (Å²) in [5.41, 5.74) is 2.46. The number of rotatable bonds is 10. The molecule has 0 bridgehead atoms. The third kappa shape index (κ3) is 6.03. The Morgan fingerprint density at radius 1 is 0.844 bits per heavy atom. The van der Waals surface area contributed by atoms with Gasteiger partial charge in [-0.3, -0.25) is 4.90 Å². The second kappa shape index (κ2) is 11.7. The summed E-state index contributed by atoms with van der Waals surface area (Å²) in [5.74, 6) is 1.54. The van der Waals surface area contributed by atoms with Gasteiger partial charge in [-0.15, -0.1) is 0 Å². The standard InChI is InChI=1S/C27H37NO4/c1-29-26-13-12-21(18-27(26)30-2)15-17-31-25-11-7-6-10-24(25)28-16-14-23(19-28)32-20-22-8-4-3-5-9-22/h3-5,8-9,12-13,18,23-25H,6-7,10-11,14-17,19-20H2,1-2H3/t23-,24-,25+/m1/s1. The van der Waals surface area contributed by atoms with Gasteiger partial charge in [-0.2, -0.15) is 0 Å². The van der Waals surface area contributed by atoms with Crippen molar-refractivity contribution in [3.8, 4) is 11.5 Å². The maximum absolute atomic E-state index is 6.45. The highest BCUT2D eigenvalue weighted by Crippen LogP contribution is 2.30. The van der Waals surface area contributed by atoms with Crippen LogP contribution < -0.4 is 9.47 Å². The number of ether oxygens (including phenoxy) is 4. The third-order valence-corrected chi connectivity index (χ3v) is 6.81. The molecule has 1 heterocycles. The zero-order valence-electron chi connectivity index (χ0n) is 19.5. The van der Waals surface area contributed by atoms with E-state index < -0.39 is 0 Å². The van der Waals surface area contributed by atoms with Gasteiger partial charge < -0.3 is 18.9 Å². The van der Waals surface area contributed by atoms with E-state index in [9.17, 15) is 0 Å². The van der Waals surface area contributed by atoms with Gasteiger partial charge in [0.25, 0.3) is 0 Å². The largest absolute Gasteiger partial charge is 0.493 e. The SMILES string of the molecule is COc1ccc(CCO[C@H]2CCCC[C@H]2N2CC[C@@H](OCc3ccccc3)C2)cc1OC. The van der Waals surface area contributed by atoms with Crippen LogP contribution in [0.5, 0.6) is 11.5 Å². The van der Waals surface area contributed by atoms with Crippen LogP contribution in [-0.4, -0.2) is 57.1 Å². The van der Waals surface area contributed by atoms with Gasteiger partial charge in [0.15, 0.2) is 11.5 Å². The van der Waals surface area contributed by atoms with Crippen LogP contribution in [0.2, 0.25) is 0 Å². The normalized spacial score (nSPS) is 23.9. The molecular formula is C27H37NO4. The molecule has 0 aromatic heterocycles. The van der Waals surface area contributed by atoms with Crippen molar-refractivity contribution in [1.29, 1.82) is 0 Å². The lowest BCUT2D eigenvalue weighted by atomic mass is 9.91. The monoisotopic (exact) mass is 439 g/mol. The van der Waals surface area contributed by atoms with Crippen LogP contribution in [0.3, 0.4) is 0 Å². The van der Waals surface area contributed by atoms with Crippen molar-refractivity contribution in [2.45, 2.75) is 63.4 Å². The van der Waals surface area contributed by atoms with Gasteiger partial charge in [0, 0.05) is 19.1 Å². The Morgan fingerprint density at radius 2 is 1.66 bits per heavy atom. The molecule has 2 aromatic carbocycles. The number of hydrogen-bond donors (Lipinski definition) is 0. The van der Waals surface area contributed by atoms with Gasteiger partial charge in [0.2, 0.25) is 0 Å². The summed E-state index contributed by atoms with van der Waals surface area (Å²) in [6.07, 6.45) is 7.58. The third-order valence-electron chi connectivity index (χ3n) is 6.81. The first-order chi connectivity index (χ1) is 15.8. The molecule has 32 heavy (non-hydrogen) atoms. The van der Waals surface area contributed by atoms with Crippen molar-refractivity contribution >= 4 is 0 Å². The van der Waals surface area contributed by atoms with Crippen molar-refractivity contribution in [2.75, 3.05) is 33.9 Å². The number of methoxy groups -OCH3 is 2. The lowest BCUT2D eigenvalue weighted by Gasteiger charge is -2.37. The first-order valence-corrected chi connectivity index (χ1v) is 12.0. The number of benzene rings is 2. The Bertz CT molecular complexity index is 828. The summed E-state index contributed by atoms with van der Waals surface area (Å²) in [5, 5.41) is 0. The molecule has 4 rings (SSSR count). The molecule has 0 spiro atoms. The lowest BCUT2D eigenvalue weighted by Crippen LogP contribution is -2.46. The zero-order valence-corrected chi connectivity index (χ0v) is 19.5. The Labute approximate surface area is 192 Å². The van der Waals surface area contributed by atoms with Crippen molar-refractivity contribution in [2.24, 2.45) is 0 Å². The molecule has 1 aliphatic heterocycles. The fourth-order valence-electron chi connectivity index (χ4n) is 5.03. The quantitative estimate of drug-likeness (QED) is 0.528. The van der Waals surface area contributed by atoms with E-state index in [0.29, 0.717) is 24.9 Å². The average Bonchev–Trinajstić information content (AvgIpc) is 3.32.